The van der Waals surface area contributed by atoms with E-state index in [1.54, 1.807) is 12.1 Å². The van der Waals surface area contributed by atoms with Gasteiger partial charge in [-0.1, -0.05) is 18.2 Å². The van der Waals surface area contributed by atoms with Crippen molar-refractivity contribution in [1.82, 2.24) is 0 Å². The first-order valence-electron chi connectivity index (χ1n) is 9.75. The Morgan fingerprint density at radius 1 is 1.10 bits per heavy atom. The van der Waals surface area contributed by atoms with Crippen LogP contribution in [0.15, 0.2) is 36.4 Å². The molecule has 0 unspecified atom stereocenters. The zero-order valence-electron chi connectivity index (χ0n) is 15.8. The number of allylic oxidation sites excluding steroid dienone is 2. The summed E-state index contributed by atoms with van der Waals surface area (Å²) in [5.41, 5.74) is 2.55. The number of hydrogen-bond donors (Lipinski definition) is 1. The van der Waals surface area contributed by atoms with Crippen molar-refractivity contribution in [3.8, 4) is 16.9 Å². The van der Waals surface area contributed by atoms with Crippen LogP contribution in [0.5, 0.6) is 5.75 Å². The molecular weight excluding hydrogens is 381 g/mol. The standard InChI is InChI=1S/C23H21F3O3/c24-23(25,26)19-9-8-17(14-4-1-2-5-14)22(18(19)13-21(27)28)16-7-10-20-15(12-16)6-3-11-29-20/h4,7-10,12H,1-3,5-6,11,13H2,(H,27,28). The van der Waals surface area contributed by atoms with Crippen LogP contribution in [0.1, 0.15) is 47.9 Å². The lowest BCUT2D eigenvalue weighted by Gasteiger charge is -2.23. The Hall–Kier alpha value is -2.76. The molecule has 1 aliphatic carbocycles. The molecule has 0 aromatic heterocycles. The Labute approximate surface area is 166 Å². The van der Waals surface area contributed by atoms with E-state index in [1.165, 1.54) is 6.07 Å². The summed E-state index contributed by atoms with van der Waals surface area (Å²) in [5, 5.41) is 9.37. The largest absolute Gasteiger partial charge is 0.493 e. The molecule has 0 saturated heterocycles. The molecule has 0 radical (unpaired) electrons. The molecule has 2 aliphatic rings. The number of alkyl halides is 3. The summed E-state index contributed by atoms with van der Waals surface area (Å²) in [6, 6.07) is 7.90. The number of hydrogen-bond acceptors (Lipinski definition) is 2. The maximum Gasteiger partial charge on any atom is 0.416 e. The van der Waals surface area contributed by atoms with Gasteiger partial charge in [-0.05, 0) is 83.7 Å². The predicted octanol–water partition coefficient (Wildman–Crippen LogP) is 5.89. The Morgan fingerprint density at radius 2 is 1.93 bits per heavy atom. The minimum Gasteiger partial charge on any atom is -0.493 e. The van der Waals surface area contributed by atoms with Gasteiger partial charge in [0.05, 0.1) is 18.6 Å². The summed E-state index contributed by atoms with van der Waals surface area (Å²) in [5.74, 6) is -0.538. The molecular formula is C23H21F3O3. The zero-order valence-corrected chi connectivity index (χ0v) is 15.8. The van der Waals surface area contributed by atoms with Gasteiger partial charge in [0.15, 0.2) is 0 Å². The SMILES string of the molecule is O=C(O)Cc1c(C(F)(F)F)ccc(C2=CCCC2)c1-c1ccc2c(c1)CCCO2. The highest BCUT2D eigenvalue weighted by molar-refractivity contribution is 5.88. The van der Waals surface area contributed by atoms with Crippen LogP contribution in [-0.2, 0) is 23.8 Å². The molecule has 1 aliphatic heterocycles. The molecule has 4 rings (SSSR count). The third-order valence-electron chi connectivity index (χ3n) is 5.53. The quantitative estimate of drug-likeness (QED) is 0.693. The summed E-state index contributed by atoms with van der Waals surface area (Å²) in [6.07, 6.45) is 0.965. The van der Waals surface area contributed by atoms with Gasteiger partial charge in [-0.15, -0.1) is 0 Å². The molecule has 1 heterocycles. The number of aliphatic carboxylic acids is 1. The van der Waals surface area contributed by atoms with E-state index >= 15 is 0 Å². The molecule has 0 amide bonds. The fourth-order valence-electron chi connectivity index (χ4n) is 4.28. The van der Waals surface area contributed by atoms with E-state index in [4.69, 9.17) is 4.74 Å². The lowest BCUT2D eigenvalue weighted by Crippen LogP contribution is -2.15. The highest BCUT2D eigenvalue weighted by Crippen LogP contribution is 2.44. The summed E-state index contributed by atoms with van der Waals surface area (Å²) in [4.78, 5) is 11.5. The molecule has 29 heavy (non-hydrogen) atoms. The van der Waals surface area contributed by atoms with Crippen LogP contribution in [0.3, 0.4) is 0 Å². The molecule has 1 N–H and O–H groups in total. The third-order valence-corrected chi connectivity index (χ3v) is 5.53. The topological polar surface area (TPSA) is 46.5 Å². The van der Waals surface area contributed by atoms with Gasteiger partial charge in [0.1, 0.15) is 5.75 Å². The maximum absolute atomic E-state index is 13.7. The van der Waals surface area contributed by atoms with Gasteiger partial charge in [0.2, 0.25) is 0 Å². The number of carbonyl (C=O) groups is 1. The van der Waals surface area contributed by atoms with Crippen molar-refractivity contribution in [2.75, 3.05) is 6.61 Å². The number of fused-ring (bicyclic) bond motifs is 1. The van der Waals surface area contributed by atoms with Crippen molar-refractivity contribution < 1.29 is 27.8 Å². The van der Waals surface area contributed by atoms with Gasteiger partial charge in [-0.25, -0.2) is 0 Å². The van der Waals surface area contributed by atoms with E-state index in [9.17, 15) is 23.1 Å². The van der Waals surface area contributed by atoms with Gasteiger partial charge >= 0.3 is 12.1 Å². The van der Waals surface area contributed by atoms with E-state index in [2.05, 4.69) is 0 Å². The molecule has 0 atom stereocenters. The maximum atomic E-state index is 13.7. The van der Waals surface area contributed by atoms with Crippen LogP contribution in [0, 0.1) is 0 Å². The molecule has 0 fully saturated rings. The summed E-state index contributed by atoms with van der Waals surface area (Å²) in [7, 11) is 0. The lowest BCUT2D eigenvalue weighted by molar-refractivity contribution is -0.139. The first-order valence-corrected chi connectivity index (χ1v) is 9.75. The first-order chi connectivity index (χ1) is 13.8. The van der Waals surface area contributed by atoms with Crippen molar-refractivity contribution >= 4 is 11.5 Å². The van der Waals surface area contributed by atoms with E-state index in [1.807, 2.05) is 12.1 Å². The third kappa shape index (κ3) is 3.88. The minimum absolute atomic E-state index is 0.174. The smallest absolute Gasteiger partial charge is 0.416 e. The lowest BCUT2D eigenvalue weighted by atomic mass is 9.85. The van der Waals surface area contributed by atoms with Crippen LogP contribution in [-0.4, -0.2) is 17.7 Å². The summed E-state index contributed by atoms with van der Waals surface area (Å²) in [6.45, 7) is 0.623. The van der Waals surface area contributed by atoms with Crippen LogP contribution in [0.25, 0.3) is 16.7 Å². The van der Waals surface area contributed by atoms with Crippen molar-refractivity contribution in [2.45, 2.75) is 44.7 Å². The second kappa shape index (κ2) is 7.58. The molecule has 0 saturated carbocycles. The van der Waals surface area contributed by atoms with Gasteiger partial charge in [-0.3, -0.25) is 4.79 Å². The molecule has 0 spiro atoms. The van der Waals surface area contributed by atoms with E-state index in [0.717, 1.165) is 55.1 Å². The number of aryl methyl sites for hydroxylation is 1. The average Bonchev–Trinajstić information content (AvgIpc) is 3.20. The average molecular weight is 402 g/mol. The van der Waals surface area contributed by atoms with Crippen molar-refractivity contribution in [3.63, 3.8) is 0 Å². The summed E-state index contributed by atoms with van der Waals surface area (Å²) < 4.78 is 46.9. The van der Waals surface area contributed by atoms with Crippen LogP contribution in [0.2, 0.25) is 0 Å². The summed E-state index contributed by atoms with van der Waals surface area (Å²) >= 11 is 0. The Morgan fingerprint density at radius 3 is 2.62 bits per heavy atom. The predicted molar refractivity (Wildman–Crippen MR) is 104 cm³/mol. The normalized spacial score (nSPS) is 16.2. The first kappa shape index (κ1) is 19.6. The van der Waals surface area contributed by atoms with E-state index in [0.29, 0.717) is 23.3 Å². The molecule has 2 aromatic carbocycles. The van der Waals surface area contributed by atoms with Crippen LogP contribution in [0.4, 0.5) is 13.2 Å². The fourth-order valence-corrected chi connectivity index (χ4v) is 4.28. The molecule has 152 valence electrons. The fraction of sp³-hybridized carbons (Fsp3) is 0.348. The molecule has 3 nitrogen and oxygen atoms in total. The number of carboxylic acids is 1. The highest BCUT2D eigenvalue weighted by atomic mass is 19.4. The van der Waals surface area contributed by atoms with Crippen molar-refractivity contribution in [1.29, 1.82) is 0 Å². The molecule has 2 aromatic rings. The number of rotatable bonds is 4. The van der Waals surface area contributed by atoms with E-state index in [-0.39, 0.29) is 5.56 Å². The number of halogens is 3. The Bertz CT molecular complexity index is 990. The van der Waals surface area contributed by atoms with Gasteiger partial charge in [0, 0.05) is 0 Å². The van der Waals surface area contributed by atoms with Gasteiger partial charge in [-0.2, -0.15) is 13.2 Å². The number of benzene rings is 2. The highest BCUT2D eigenvalue weighted by Gasteiger charge is 2.36. The molecule has 6 heteroatoms. The van der Waals surface area contributed by atoms with Gasteiger partial charge < -0.3 is 9.84 Å². The van der Waals surface area contributed by atoms with Gasteiger partial charge in [0.25, 0.3) is 0 Å². The zero-order chi connectivity index (χ0) is 20.6. The number of carboxylic acid groups (broad SMARTS) is 1. The number of ether oxygens (including phenoxy) is 1. The minimum atomic E-state index is -4.63. The second-order valence-corrected chi connectivity index (χ2v) is 7.48. The van der Waals surface area contributed by atoms with Crippen LogP contribution >= 0.6 is 0 Å². The Balaban J connectivity index is 1.99. The van der Waals surface area contributed by atoms with Crippen molar-refractivity contribution in [2.24, 2.45) is 0 Å². The molecule has 0 bridgehead atoms. The van der Waals surface area contributed by atoms with Crippen LogP contribution < -0.4 is 4.74 Å². The second-order valence-electron chi connectivity index (χ2n) is 7.48. The van der Waals surface area contributed by atoms with Crippen molar-refractivity contribution in [3.05, 3.63) is 58.7 Å². The van der Waals surface area contributed by atoms with E-state index < -0.39 is 24.1 Å². The monoisotopic (exact) mass is 402 g/mol. The Kier molecular flexibility index (Phi) is 5.11.